The lowest BCUT2D eigenvalue weighted by molar-refractivity contribution is -0.140. The molecule has 0 saturated carbocycles. The average Bonchev–Trinajstić information content (AvgIpc) is 2.89. The highest BCUT2D eigenvalue weighted by Gasteiger charge is 2.30. The number of nitrogens with one attached hydrogen (secondary N) is 1. The molecule has 2 unspecified atom stereocenters. The van der Waals surface area contributed by atoms with E-state index in [1.807, 2.05) is 30.3 Å². The molecule has 0 aliphatic rings. The Kier molecular flexibility index (Phi) is 5.51. The number of hydrogen-bond acceptors (Lipinski definition) is 5. The van der Waals surface area contributed by atoms with E-state index in [2.05, 4.69) is 15.4 Å². The number of aromatic nitrogens is 3. The molecule has 24 heavy (non-hydrogen) atoms. The van der Waals surface area contributed by atoms with Gasteiger partial charge in [0.25, 0.3) is 0 Å². The summed E-state index contributed by atoms with van der Waals surface area (Å²) in [5.74, 6) is -0.0624. The highest BCUT2D eigenvalue weighted by atomic mass is 16.5. The van der Waals surface area contributed by atoms with Gasteiger partial charge in [0.15, 0.2) is 6.04 Å². The smallest absolute Gasteiger partial charge is 0.408 e. The van der Waals surface area contributed by atoms with Crippen molar-refractivity contribution in [2.24, 2.45) is 0 Å². The predicted molar refractivity (Wildman–Crippen MR) is 85.4 cm³/mol. The molecule has 128 valence electrons. The van der Waals surface area contributed by atoms with Gasteiger partial charge in [0, 0.05) is 0 Å². The van der Waals surface area contributed by atoms with Gasteiger partial charge in [0.1, 0.15) is 18.3 Å². The maximum atomic E-state index is 11.9. The Hall–Kier alpha value is -2.90. The second-order valence-corrected chi connectivity index (χ2v) is 5.41. The van der Waals surface area contributed by atoms with Gasteiger partial charge >= 0.3 is 12.1 Å². The number of carboxylic acid groups (broad SMARTS) is 1. The summed E-state index contributed by atoms with van der Waals surface area (Å²) in [6.07, 6.45) is -0.799. The SMILES string of the molecule is Cc1nc(C)n(C(C)C(NC(=O)OCc2ccccc2)C(=O)O)n1. The van der Waals surface area contributed by atoms with Crippen molar-refractivity contribution in [1.29, 1.82) is 0 Å². The van der Waals surface area contributed by atoms with Gasteiger partial charge in [-0.2, -0.15) is 5.10 Å². The minimum atomic E-state index is -1.19. The molecule has 1 heterocycles. The van der Waals surface area contributed by atoms with Gasteiger partial charge in [-0.1, -0.05) is 30.3 Å². The molecule has 0 aliphatic heterocycles. The molecule has 0 bridgehead atoms. The van der Waals surface area contributed by atoms with E-state index < -0.39 is 24.1 Å². The van der Waals surface area contributed by atoms with E-state index in [0.29, 0.717) is 11.6 Å². The van der Waals surface area contributed by atoms with E-state index in [9.17, 15) is 14.7 Å². The van der Waals surface area contributed by atoms with Gasteiger partial charge in [0.2, 0.25) is 0 Å². The Morgan fingerprint density at radius 2 is 1.96 bits per heavy atom. The fourth-order valence-corrected chi connectivity index (χ4v) is 2.34. The minimum absolute atomic E-state index is 0.0643. The van der Waals surface area contributed by atoms with E-state index in [1.165, 1.54) is 4.68 Å². The zero-order chi connectivity index (χ0) is 17.7. The number of rotatable bonds is 6. The quantitative estimate of drug-likeness (QED) is 0.836. The molecular weight excluding hydrogens is 312 g/mol. The number of carbonyl (C=O) groups is 2. The molecule has 0 radical (unpaired) electrons. The molecule has 0 saturated heterocycles. The fourth-order valence-electron chi connectivity index (χ4n) is 2.34. The van der Waals surface area contributed by atoms with Gasteiger partial charge in [-0.25, -0.2) is 19.3 Å². The summed E-state index contributed by atoms with van der Waals surface area (Å²) in [5, 5.41) is 15.9. The average molecular weight is 332 g/mol. The maximum absolute atomic E-state index is 11.9. The summed E-state index contributed by atoms with van der Waals surface area (Å²) >= 11 is 0. The van der Waals surface area contributed by atoms with Crippen LogP contribution in [0.4, 0.5) is 4.79 Å². The van der Waals surface area contributed by atoms with Gasteiger partial charge in [0.05, 0.1) is 6.04 Å². The van der Waals surface area contributed by atoms with Crippen molar-refractivity contribution >= 4 is 12.1 Å². The minimum Gasteiger partial charge on any atom is -0.480 e. The Balaban J connectivity index is 2.01. The molecule has 2 atom stereocenters. The van der Waals surface area contributed by atoms with E-state index >= 15 is 0 Å². The number of amides is 1. The van der Waals surface area contributed by atoms with Gasteiger partial charge in [-0.05, 0) is 26.3 Å². The van der Waals surface area contributed by atoms with Crippen LogP contribution in [0.15, 0.2) is 30.3 Å². The van der Waals surface area contributed by atoms with Crippen LogP contribution in [0.1, 0.15) is 30.2 Å². The van der Waals surface area contributed by atoms with Crippen LogP contribution in [0.25, 0.3) is 0 Å². The Morgan fingerprint density at radius 1 is 1.29 bits per heavy atom. The van der Waals surface area contributed by atoms with Crippen molar-refractivity contribution in [3.05, 3.63) is 47.5 Å². The molecule has 0 fully saturated rings. The number of ether oxygens (including phenoxy) is 1. The summed E-state index contributed by atoms with van der Waals surface area (Å²) < 4.78 is 6.55. The normalized spacial score (nSPS) is 13.1. The predicted octanol–water partition coefficient (Wildman–Crippen LogP) is 1.84. The first kappa shape index (κ1) is 17.5. The van der Waals surface area contributed by atoms with Crippen molar-refractivity contribution in [3.8, 4) is 0 Å². The van der Waals surface area contributed by atoms with Crippen LogP contribution in [0, 0.1) is 13.8 Å². The van der Waals surface area contributed by atoms with Crippen LogP contribution in [-0.4, -0.2) is 38.0 Å². The zero-order valence-corrected chi connectivity index (χ0v) is 13.8. The maximum Gasteiger partial charge on any atom is 0.408 e. The lowest BCUT2D eigenvalue weighted by Gasteiger charge is -2.22. The molecule has 2 N–H and O–H groups in total. The van der Waals surface area contributed by atoms with Crippen molar-refractivity contribution in [1.82, 2.24) is 20.1 Å². The summed E-state index contributed by atoms with van der Waals surface area (Å²) in [6, 6.07) is 7.33. The van der Waals surface area contributed by atoms with E-state index in [-0.39, 0.29) is 6.61 Å². The molecule has 0 aliphatic carbocycles. The molecule has 8 nitrogen and oxygen atoms in total. The number of aryl methyl sites for hydroxylation is 2. The van der Waals surface area contributed by atoms with Crippen molar-refractivity contribution in [2.75, 3.05) is 0 Å². The second-order valence-electron chi connectivity index (χ2n) is 5.41. The van der Waals surface area contributed by atoms with E-state index in [4.69, 9.17) is 4.74 Å². The third-order valence-electron chi connectivity index (χ3n) is 3.53. The Labute approximate surface area is 139 Å². The lowest BCUT2D eigenvalue weighted by atomic mass is 10.1. The van der Waals surface area contributed by atoms with Gasteiger partial charge in [-0.3, -0.25) is 0 Å². The van der Waals surface area contributed by atoms with E-state index in [1.54, 1.807) is 20.8 Å². The van der Waals surface area contributed by atoms with Crippen LogP contribution < -0.4 is 5.32 Å². The van der Waals surface area contributed by atoms with E-state index in [0.717, 1.165) is 5.56 Å². The molecule has 0 spiro atoms. The molecule has 2 rings (SSSR count). The molecule has 1 aromatic heterocycles. The molecule has 1 aromatic carbocycles. The topological polar surface area (TPSA) is 106 Å². The fraction of sp³-hybridized carbons (Fsp3) is 0.375. The third kappa shape index (κ3) is 4.31. The number of hydrogen-bond donors (Lipinski definition) is 2. The third-order valence-corrected chi connectivity index (χ3v) is 3.53. The molecular formula is C16H20N4O4. The standard InChI is InChI=1S/C16H20N4O4/c1-10(20-12(3)17-11(2)19-20)14(15(21)22)18-16(23)24-9-13-7-5-4-6-8-13/h4-8,10,14H,9H2,1-3H3,(H,18,23)(H,21,22). The summed E-state index contributed by atoms with van der Waals surface area (Å²) in [4.78, 5) is 27.6. The van der Waals surface area contributed by atoms with Crippen LogP contribution in [0.2, 0.25) is 0 Å². The number of nitrogens with zero attached hydrogens (tertiary/aromatic N) is 3. The zero-order valence-electron chi connectivity index (χ0n) is 13.8. The number of carbonyl (C=O) groups excluding carboxylic acids is 1. The number of benzene rings is 1. The molecule has 2 aromatic rings. The van der Waals surface area contributed by atoms with Crippen LogP contribution in [0.3, 0.4) is 0 Å². The first-order valence-electron chi connectivity index (χ1n) is 7.48. The van der Waals surface area contributed by atoms with Crippen LogP contribution >= 0.6 is 0 Å². The first-order chi connectivity index (χ1) is 11.4. The first-order valence-corrected chi connectivity index (χ1v) is 7.48. The molecule has 1 amide bonds. The molecule has 8 heteroatoms. The van der Waals surface area contributed by atoms with Crippen molar-refractivity contribution < 1.29 is 19.4 Å². The summed E-state index contributed by atoms with van der Waals surface area (Å²) in [5.41, 5.74) is 0.815. The summed E-state index contributed by atoms with van der Waals surface area (Å²) in [6.45, 7) is 5.16. The Morgan fingerprint density at radius 3 is 2.50 bits per heavy atom. The largest absolute Gasteiger partial charge is 0.480 e. The van der Waals surface area contributed by atoms with Crippen LogP contribution in [0.5, 0.6) is 0 Å². The van der Waals surface area contributed by atoms with Crippen molar-refractivity contribution in [2.45, 2.75) is 39.5 Å². The lowest BCUT2D eigenvalue weighted by Crippen LogP contribution is -2.46. The number of carboxylic acids is 1. The highest BCUT2D eigenvalue weighted by molar-refractivity contribution is 5.80. The number of alkyl carbamates (subject to hydrolysis) is 1. The highest BCUT2D eigenvalue weighted by Crippen LogP contribution is 2.13. The van der Waals surface area contributed by atoms with Crippen LogP contribution in [-0.2, 0) is 16.1 Å². The van der Waals surface area contributed by atoms with Gasteiger partial charge in [-0.15, -0.1) is 0 Å². The van der Waals surface area contributed by atoms with Crippen molar-refractivity contribution in [3.63, 3.8) is 0 Å². The monoisotopic (exact) mass is 332 g/mol. The number of aliphatic carboxylic acids is 1. The second kappa shape index (κ2) is 7.58. The Bertz CT molecular complexity index is 714. The van der Waals surface area contributed by atoms with Gasteiger partial charge < -0.3 is 15.2 Å². The summed E-state index contributed by atoms with van der Waals surface area (Å²) in [7, 11) is 0.